The molecule has 162 valence electrons. The van der Waals surface area contributed by atoms with Crippen molar-refractivity contribution in [2.75, 3.05) is 33.9 Å². The quantitative estimate of drug-likeness (QED) is 0.536. The highest BCUT2D eigenvalue weighted by molar-refractivity contribution is 5.85. The summed E-state index contributed by atoms with van der Waals surface area (Å²) in [6.07, 6.45) is -0.488. The predicted octanol–water partition coefficient (Wildman–Crippen LogP) is 3.13. The van der Waals surface area contributed by atoms with Crippen LogP contribution in [-0.2, 0) is 13.1 Å². The summed E-state index contributed by atoms with van der Waals surface area (Å²) in [5.74, 6) is 1.25. The molecule has 3 rings (SSSR count). The number of likely N-dealkylation sites (N-methyl/N-ethyl adjacent to an activating group) is 1. The zero-order valence-electron chi connectivity index (χ0n) is 18.3. The molecule has 30 heavy (non-hydrogen) atoms. The van der Waals surface area contributed by atoms with Gasteiger partial charge in [0.2, 0.25) is 0 Å². The van der Waals surface area contributed by atoms with E-state index in [1.165, 1.54) is 16.6 Å². The third-order valence-electron chi connectivity index (χ3n) is 5.49. The van der Waals surface area contributed by atoms with Crippen LogP contribution in [0.1, 0.15) is 16.8 Å². The Bertz CT molecular complexity index is 983. The largest absolute Gasteiger partial charge is 0.493 e. The molecule has 2 N–H and O–H groups in total. The van der Waals surface area contributed by atoms with Crippen LogP contribution in [0, 0.1) is 13.8 Å². The SMILES string of the molecule is COc1cc(CN(C)C[C@@H](O)Cn2c(C)c(C)c3ccccc32)ccc1OCCO. The van der Waals surface area contributed by atoms with Crippen molar-refractivity contribution in [1.29, 1.82) is 0 Å². The topological polar surface area (TPSA) is 67.1 Å². The van der Waals surface area contributed by atoms with Crippen LogP contribution in [0.2, 0.25) is 0 Å². The van der Waals surface area contributed by atoms with Crippen LogP contribution in [0.25, 0.3) is 10.9 Å². The van der Waals surface area contributed by atoms with Crippen molar-refractivity contribution in [3.05, 3.63) is 59.3 Å². The fourth-order valence-electron chi connectivity index (χ4n) is 3.93. The molecule has 0 spiro atoms. The first-order chi connectivity index (χ1) is 14.4. The van der Waals surface area contributed by atoms with Gasteiger partial charge < -0.3 is 24.3 Å². The molecule has 0 saturated heterocycles. The fraction of sp³-hybridized carbons (Fsp3) is 0.417. The Morgan fingerprint density at radius 2 is 1.87 bits per heavy atom. The van der Waals surface area contributed by atoms with E-state index in [0.29, 0.717) is 31.1 Å². The number of hydrogen-bond acceptors (Lipinski definition) is 5. The van der Waals surface area contributed by atoms with Crippen molar-refractivity contribution in [3.8, 4) is 11.5 Å². The molecule has 6 nitrogen and oxygen atoms in total. The Hall–Kier alpha value is -2.54. The van der Waals surface area contributed by atoms with Crippen LogP contribution in [0.3, 0.4) is 0 Å². The number of rotatable bonds is 10. The highest BCUT2D eigenvalue weighted by Gasteiger charge is 2.16. The molecule has 1 atom stereocenters. The molecule has 0 aliphatic carbocycles. The maximum Gasteiger partial charge on any atom is 0.161 e. The summed E-state index contributed by atoms with van der Waals surface area (Å²) < 4.78 is 13.1. The van der Waals surface area contributed by atoms with Gasteiger partial charge in [-0.2, -0.15) is 0 Å². The number of nitrogens with zero attached hydrogens (tertiary/aromatic N) is 2. The molecule has 0 bridgehead atoms. The maximum absolute atomic E-state index is 10.8. The molecule has 0 amide bonds. The molecule has 6 heteroatoms. The van der Waals surface area contributed by atoms with Gasteiger partial charge >= 0.3 is 0 Å². The lowest BCUT2D eigenvalue weighted by Gasteiger charge is -2.22. The molecule has 0 radical (unpaired) electrons. The van der Waals surface area contributed by atoms with Gasteiger partial charge in [0, 0.05) is 29.7 Å². The molecule has 3 aromatic rings. The van der Waals surface area contributed by atoms with Crippen molar-refractivity contribution in [1.82, 2.24) is 9.47 Å². The minimum atomic E-state index is -0.488. The van der Waals surface area contributed by atoms with E-state index in [4.69, 9.17) is 14.6 Å². The maximum atomic E-state index is 10.8. The van der Waals surface area contributed by atoms with E-state index in [2.05, 4.69) is 41.5 Å². The number of para-hydroxylation sites is 1. The average Bonchev–Trinajstić information content (AvgIpc) is 2.97. The Morgan fingerprint density at radius 3 is 2.60 bits per heavy atom. The van der Waals surface area contributed by atoms with Gasteiger partial charge in [0.05, 0.1) is 26.4 Å². The molecule has 0 fully saturated rings. The predicted molar refractivity (Wildman–Crippen MR) is 119 cm³/mol. The van der Waals surface area contributed by atoms with Crippen molar-refractivity contribution in [2.24, 2.45) is 0 Å². The summed E-state index contributed by atoms with van der Waals surface area (Å²) in [7, 11) is 3.60. The number of aryl methyl sites for hydroxylation is 1. The van der Waals surface area contributed by atoms with E-state index in [-0.39, 0.29) is 13.2 Å². The highest BCUT2D eigenvalue weighted by Crippen LogP contribution is 2.29. The van der Waals surface area contributed by atoms with Crippen LogP contribution in [-0.4, -0.2) is 59.7 Å². The number of ether oxygens (including phenoxy) is 2. The van der Waals surface area contributed by atoms with Gasteiger partial charge in [-0.15, -0.1) is 0 Å². The Morgan fingerprint density at radius 1 is 1.10 bits per heavy atom. The lowest BCUT2D eigenvalue weighted by molar-refractivity contribution is 0.108. The van der Waals surface area contributed by atoms with Crippen LogP contribution in [0.15, 0.2) is 42.5 Å². The summed E-state index contributed by atoms with van der Waals surface area (Å²) in [5, 5.41) is 20.9. The number of hydrogen-bond donors (Lipinski definition) is 2. The molecular formula is C24H32N2O4. The second-order valence-corrected chi connectivity index (χ2v) is 7.75. The second kappa shape index (κ2) is 9.98. The lowest BCUT2D eigenvalue weighted by atomic mass is 10.2. The smallest absolute Gasteiger partial charge is 0.161 e. The summed E-state index contributed by atoms with van der Waals surface area (Å²) in [6, 6.07) is 14.1. The summed E-state index contributed by atoms with van der Waals surface area (Å²) in [5.41, 5.74) is 4.69. The van der Waals surface area contributed by atoms with Crippen molar-refractivity contribution in [2.45, 2.75) is 33.0 Å². The van der Waals surface area contributed by atoms with Gasteiger partial charge in [0.15, 0.2) is 11.5 Å². The second-order valence-electron chi connectivity index (χ2n) is 7.75. The normalized spacial score (nSPS) is 12.5. The number of aliphatic hydroxyl groups is 2. The first kappa shape index (κ1) is 22.2. The molecule has 0 saturated carbocycles. The Balaban J connectivity index is 1.64. The van der Waals surface area contributed by atoms with Crippen LogP contribution < -0.4 is 9.47 Å². The van der Waals surface area contributed by atoms with Gasteiger partial charge in [-0.1, -0.05) is 24.3 Å². The molecule has 0 aliphatic rings. The van der Waals surface area contributed by atoms with Gasteiger partial charge in [-0.3, -0.25) is 4.90 Å². The van der Waals surface area contributed by atoms with Crippen LogP contribution >= 0.6 is 0 Å². The van der Waals surface area contributed by atoms with Gasteiger partial charge in [0.25, 0.3) is 0 Å². The molecule has 2 aromatic carbocycles. The van der Waals surface area contributed by atoms with Crippen molar-refractivity contribution in [3.63, 3.8) is 0 Å². The van der Waals surface area contributed by atoms with E-state index >= 15 is 0 Å². The summed E-state index contributed by atoms with van der Waals surface area (Å²) in [6.45, 7) is 6.22. The molecule has 1 heterocycles. The third kappa shape index (κ3) is 4.95. The van der Waals surface area contributed by atoms with E-state index < -0.39 is 6.10 Å². The minimum absolute atomic E-state index is 0.0405. The van der Waals surface area contributed by atoms with E-state index in [1.54, 1.807) is 7.11 Å². The van der Waals surface area contributed by atoms with E-state index in [1.807, 2.05) is 31.3 Å². The highest BCUT2D eigenvalue weighted by atomic mass is 16.5. The average molecular weight is 413 g/mol. The van der Waals surface area contributed by atoms with Crippen LogP contribution in [0.5, 0.6) is 11.5 Å². The summed E-state index contributed by atoms with van der Waals surface area (Å²) in [4.78, 5) is 2.10. The van der Waals surface area contributed by atoms with E-state index in [9.17, 15) is 5.11 Å². The number of benzene rings is 2. The molecule has 1 aromatic heterocycles. The fourth-order valence-corrected chi connectivity index (χ4v) is 3.93. The third-order valence-corrected chi connectivity index (χ3v) is 5.49. The summed E-state index contributed by atoms with van der Waals surface area (Å²) >= 11 is 0. The lowest BCUT2D eigenvalue weighted by Crippen LogP contribution is -2.32. The Labute approximate surface area is 178 Å². The molecular weight excluding hydrogens is 380 g/mol. The van der Waals surface area contributed by atoms with Gasteiger partial charge in [-0.05, 0) is 50.2 Å². The minimum Gasteiger partial charge on any atom is -0.493 e. The van der Waals surface area contributed by atoms with E-state index in [0.717, 1.165) is 11.1 Å². The first-order valence-electron chi connectivity index (χ1n) is 10.3. The standard InChI is InChI=1S/C24H32N2O4/c1-17-18(2)26(22-8-6-5-7-21(17)22)16-20(28)15-25(3)14-19-9-10-23(30-12-11-27)24(13-19)29-4/h5-10,13,20,27-28H,11-12,14-16H2,1-4H3/t20-/m1/s1. The number of fused-ring (bicyclic) bond motifs is 1. The zero-order chi connectivity index (χ0) is 21.7. The van der Waals surface area contributed by atoms with Crippen molar-refractivity contribution >= 4 is 10.9 Å². The van der Waals surface area contributed by atoms with Crippen molar-refractivity contribution < 1.29 is 19.7 Å². The number of aromatic nitrogens is 1. The number of aliphatic hydroxyl groups excluding tert-OH is 2. The monoisotopic (exact) mass is 412 g/mol. The number of methoxy groups -OCH3 is 1. The van der Waals surface area contributed by atoms with Crippen LogP contribution in [0.4, 0.5) is 0 Å². The zero-order valence-corrected chi connectivity index (χ0v) is 18.3. The first-order valence-corrected chi connectivity index (χ1v) is 10.3. The van der Waals surface area contributed by atoms with Gasteiger partial charge in [0.1, 0.15) is 6.61 Å². The molecule has 0 aliphatic heterocycles. The Kier molecular flexibility index (Phi) is 7.37. The molecule has 0 unspecified atom stereocenters. The van der Waals surface area contributed by atoms with Gasteiger partial charge in [-0.25, -0.2) is 0 Å².